The number of pyridine rings is 1. The molecule has 1 aromatic heterocycles. The van der Waals surface area contributed by atoms with Crippen molar-refractivity contribution in [3.05, 3.63) is 46.6 Å². The summed E-state index contributed by atoms with van der Waals surface area (Å²) in [4.78, 5) is 32.6. The molecule has 3 heterocycles. The van der Waals surface area contributed by atoms with E-state index in [0.717, 1.165) is 44.8 Å². The fourth-order valence-corrected chi connectivity index (χ4v) is 5.09. The first kappa shape index (κ1) is 26.3. The summed E-state index contributed by atoms with van der Waals surface area (Å²) >= 11 is 3.44. The first-order valence-corrected chi connectivity index (χ1v) is 13.1. The van der Waals surface area contributed by atoms with Crippen LogP contribution in [0, 0.1) is 11.8 Å². The number of esters is 1. The Morgan fingerprint density at radius 3 is 2.39 bits per heavy atom. The van der Waals surface area contributed by atoms with Crippen LogP contribution in [0.5, 0.6) is 11.5 Å². The van der Waals surface area contributed by atoms with Crippen molar-refractivity contribution in [1.82, 2.24) is 9.88 Å². The summed E-state index contributed by atoms with van der Waals surface area (Å²) < 4.78 is 16.8. The van der Waals surface area contributed by atoms with Gasteiger partial charge in [-0.15, -0.1) is 0 Å². The molecule has 0 atom stereocenters. The fraction of sp³-hybridized carbons (Fsp3) is 0.519. The van der Waals surface area contributed by atoms with Gasteiger partial charge in [-0.1, -0.05) is 0 Å². The van der Waals surface area contributed by atoms with Crippen LogP contribution < -0.4 is 9.64 Å². The molecule has 0 radical (unpaired) electrons. The molecule has 2 aromatic rings. The highest BCUT2D eigenvalue weighted by Gasteiger charge is 2.33. The number of likely N-dealkylation sites (tertiary alicyclic amines) is 1. The van der Waals surface area contributed by atoms with Gasteiger partial charge in [0.05, 0.1) is 23.3 Å². The molecular weight excluding hydrogens is 526 g/mol. The number of carbonyl (C=O) groups is 2. The largest absolute Gasteiger partial charge is 0.465 e. The van der Waals surface area contributed by atoms with E-state index >= 15 is 0 Å². The van der Waals surface area contributed by atoms with Gasteiger partial charge in [0.25, 0.3) is 0 Å². The van der Waals surface area contributed by atoms with Gasteiger partial charge in [-0.25, -0.2) is 14.6 Å². The maximum atomic E-state index is 12.3. The lowest BCUT2D eigenvalue weighted by Crippen LogP contribution is -2.49. The number of anilines is 1. The second-order valence-electron chi connectivity index (χ2n) is 10.5. The molecule has 8 nitrogen and oxygen atoms in total. The van der Waals surface area contributed by atoms with E-state index in [1.165, 1.54) is 13.5 Å². The summed E-state index contributed by atoms with van der Waals surface area (Å²) in [5.41, 5.74) is 0.00158. The third-order valence-corrected chi connectivity index (χ3v) is 7.14. The summed E-state index contributed by atoms with van der Waals surface area (Å²) in [6.45, 7) is 9.27. The van der Waals surface area contributed by atoms with Crippen molar-refractivity contribution >= 4 is 33.8 Å². The van der Waals surface area contributed by atoms with E-state index < -0.39 is 11.6 Å². The third-order valence-electron chi connectivity index (χ3n) is 6.52. The Labute approximate surface area is 221 Å². The number of piperidine rings is 1. The van der Waals surface area contributed by atoms with Crippen molar-refractivity contribution in [2.45, 2.75) is 45.6 Å². The molecule has 36 heavy (non-hydrogen) atoms. The number of benzene rings is 1. The summed E-state index contributed by atoms with van der Waals surface area (Å²) in [6, 6.07) is 8.94. The fourth-order valence-electron chi connectivity index (χ4n) is 4.63. The predicted molar refractivity (Wildman–Crippen MR) is 141 cm³/mol. The van der Waals surface area contributed by atoms with Crippen molar-refractivity contribution in [2.24, 2.45) is 11.8 Å². The minimum Gasteiger partial charge on any atom is -0.465 e. The van der Waals surface area contributed by atoms with Gasteiger partial charge in [0.2, 0.25) is 0 Å². The number of halogens is 1. The van der Waals surface area contributed by atoms with E-state index in [4.69, 9.17) is 14.2 Å². The number of ether oxygens (including phenoxy) is 3. The Morgan fingerprint density at radius 1 is 1.08 bits per heavy atom. The van der Waals surface area contributed by atoms with Gasteiger partial charge >= 0.3 is 12.1 Å². The monoisotopic (exact) mass is 559 g/mol. The van der Waals surface area contributed by atoms with Crippen LogP contribution in [0.2, 0.25) is 0 Å². The molecule has 2 aliphatic heterocycles. The Balaban J connectivity index is 1.21. The molecule has 0 bridgehead atoms. The quantitative estimate of drug-likeness (QED) is 0.407. The molecule has 194 valence electrons. The van der Waals surface area contributed by atoms with Crippen molar-refractivity contribution in [3.8, 4) is 11.5 Å². The standard InChI is InChI=1S/C27H34BrN3O5/c1-27(2,3)36-26(33)30-11-9-18(10-12-30)13-19-16-31(17-19)24-8-6-21(15-29-24)35-23-7-5-20(14-22(23)28)25(32)34-4/h5-8,14-15,18-19H,9-13,16-17H2,1-4H3. The lowest BCUT2D eigenvalue weighted by atomic mass is 9.83. The van der Waals surface area contributed by atoms with Crippen molar-refractivity contribution in [3.63, 3.8) is 0 Å². The summed E-state index contributed by atoms with van der Waals surface area (Å²) in [6.07, 6.45) is 4.79. The molecule has 1 aromatic carbocycles. The van der Waals surface area contributed by atoms with Gasteiger partial charge in [-0.05, 0) is 98.1 Å². The molecule has 1 amide bonds. The second kappa shape index (κ2) is 11.1. The highest BCUT2D eigenvalue weighted by molar-refractivity contribution is 9.10. The van der Waals surface area contributed by atoms with Gasteiger partial charge < -0.3 is 24.0 Å². The average Bonchev–Trinajstić information content (AvgIpc) is 2.82. The van der Waals surface area contributed by atoms with Crippen molar-refractivity contribution in [2.75, 3.05) is 38.2 Å². The zero-order chi connectivity index (χ0) is 25.9. The van der Waals surface area contributed by atoms with Crippen LogP contribution >= 0.6 is 15.9 Å². The van der Waals surface area contributed by atoms with Crippen molar-refractivity contribution < 1.29 is 23.8 Å². The molecule has 2 fully saturated rings. The van der Waals surface area contributed by atoms with Crippen LogP contribution in [-0.2, 0) is 9.47 Å². The summed E-state index contributed by atoms with van der Waals surface area (Å²) in [7, 11) is 1.35. The first-order valence-electron chi connectivity index (χ1n) is 12.4. The maximum absolute atomic E-state index is 12.3. The molecule has 0 saturated carbocycles. The van der Waals surface area contributed by atoms with Crippen LogP contribution in [0.25, 0.3) is 0 Å². The van der Waals surface area contributed by atoms with Crippen LogP contribution in [0.4, 0.5) is 10.6 Å². The number of amides is 1. The van der Waals surface area contributed by atoms with E-state index in [2.05, 4.69) is 25.8 Å². The van der Waals surface area contributed by atoms with Crippen LogP contribution in [0.15, 0.2) is 41.0 Å². The van der Waals surface area contributed by atoms with Gasteiger partial charge in [0, 0.05) is 26.2 Å². The minimum absolute atomic E-state index is 0.195. The van der Waals surface area contributed by atoms with Crippen LogP contribution in [0.3, 0.4) is 0 Å². The zero-order valence-electron chi connectivity index (χ0n) is 21.3. The molecule has 9 heteroatoms. The number of carbonyl (C=O) groups excluding carboxylic acids is 2. The third kappa shape index (κ3) is 6.69. The molecule has 0 N–H and O–H groups in total. The van der Waals surface area contributed by atoms with E-state index in [-0.39, 0.29) is 6.09 Å². The average molecular weight is 560 g/mol. The number of rotatable bonds is 6. The Morgan fingerprint density at radius 2 is 1.81 bits per heavy atom. The molecular formula is C27H34BrN3O5. The molecule has 2 aliphatic rings. The van der Waals surface area contributed by atoms with E-state index in [1.54, 1.807) is 24.4 Å². The Bertz CT molecular complexity index is 1070. The lowest BCUT2D eigenvalue weighted by Gasteiger charge is -2.43. The predicted octanol–water partition coefficient (Wildman–Crippen LogP) is 5.90. The molecule has 2 saturated heterocycles. The molecule has 0 spiro atoms. The van der Waals surface area contributed by atoms with Gasteiger partial charge in [-0.3, -0.25) is 0 Å². The first-order chi connectivity index (χ1) is 17.1. The van der Waals surface area contributed by atoms with Gasteiger partial charge in [0.1, 0.15) is 22.9 Å². The zero-order valence-corrected chi connectivity index (χ0v) is 22.9. The lowest BCUT2D eigenvalue weighted by molar-refractivity contribution is 0.0173. The maximum Gasteiger partial charge on any atom is 0.410 e. The SMILES string of the molecule is COC(=O)c1ccc(Oc2ccc(N3CC(CC4CCN(C(=O)OC(C)(C)C)CC4)C3)nc2)c(Br)c1. The Kier molecular flexibility index (Phi) is 8.07. The second-order valence-corrected chi connectivity index (χ2v) is 11.4. The van der Waals surface area contributed by atoms with E-state index in [9.17, 15) is 9.59 Å². The number of methoxy groups -OCH3 is 1. The van der Waals surface area contributed by atoms with Crippen LogP contribution in [-0.4, -0.2) is 60.8 Å². The Hall–Kier alpha value is -2.81. The minimum atomic E-state index is -0.449. The summed E-state index contributed by atoms with van der Waals surface area (Å²) in [5.74, 6) is 3.08. The number of nitrogens with zero attached hydrogens (tertiary/aromatic N) is 3. The van der Waals surface area contributed by atoms with E-state index in [1.807, 2.05) is 37.8 Å². The van der Waals surface area contributed by atoms with Gasteiger partial charge in [-0.2, -0.15) is 0 Å². The van der Waals surface area contributed by atoms with Gasteiger partial charge in [0.15, 0.2) is 0 Å². The highest BCUT2D eigenvalue weighted by Crippen LogP contribution is 2.34. The molecule has 4 rings (SSSR count). The summed E-state index contributed by atoms with van der Waals surface area (Å²) in [5, 5.41) is 0. The number of hydrogen-bond acceptors (Lipinski definition) is 7. The smallest absolute Gasteiger partial charge is 0.410 e. The highest BCUT2D eigenvalue weighted by atomic mass is 79.9. The van der Waals surface area contributed by atoms with Crippen molar-refractivity contribution in [1.29, 1.82) is 0 Å². The van der Waals surface area contributed by atoms with Crippen LogP contribution in [0.1, 0.15) is 50.4 Å². The molecule has 0 aliphatic carbocycles. The normalized spacial score (nSPS) is 16.9. The topological polar surface area (TPSA) is 81.2 Å². The van der Waals surface area contributed by atoms with E-state index in [0.29, 0.717) is 33.4 Å². The molecule has 0 unspecified atom stereocenters. The number of aromatic nitrogens is 1. The number of hydrogen-bond donors (Lipinski definition) is 0.